The van der Waals surface area contributed by atoms with E-state index in [2.05, 4.69) is 5.32 Å². The predicted octanol–water partition coefficient (Wildman–Crippen LogP) is 1.94. The number of carbonyl (C=O) groups is 2. The number of hydrogen-bond donors (Lipinski definition) is 3. The molecule has 5 heteroatoms. The fourth-order valence-electron chi connectivity index (χ4n) is 2.04. The van der Waals surface area contributed by atoms with E-state index in [-0.39, 0.29) is 12.5 Å². The van der Waals surface area contributed by atoms with Crippen LogP contribution in [0.1, 0.15) is 31.7 Å². The number of aliphatic carboxylic acids is 2. The minimum atomic E-state index is -0.961. The molecule has 0 saturated carbocycles. The Hall–Kier alpha value is -1.88. The summed E-state index contributed by atoms with van der Waals surface area (Å²) in [7, 11) is 0. The first-order valence-electron chi connectivity index (χ1n) is 6.65. The van der Waals surface area contributed by atoms with Crippen molar-refractivity contribution in [2.75, 3.05) is 6.54 Å². The van der Waals surface area contributed by atoms with E-state index >= 15 is 0 Å². The van der Waals surface area contributed by atoms with E-state index in [4.69, 9.17) is 5.11 Å². The molecule has 20 heavy (non-hydrogen) atoms. The van der Waals surface area contributed by atoms with E-state index in [1.165, 1.54) is 0 Å². The molecule has 1 rings (SSSR count). The molecule has 0 saturated heterocycles. The molecule has 0 aliphatic carbocycles. The number of hydrogen-bond acceptors (Lipinski definition) is 3. The lowest BCUT2D eigenvalue weighted by Gasteiger charge is -2.19. The van der Waals surface area contributed by atoms with E-state index in [0.717, 1.165) is 0 Å². The molecule has 0 radical (unpaired) electrons. The number of nitrogens with one attached hydrogen (secondary N) is 1. The minimum absolute atomic E-state index is 0.100. The number of carboxylic acid groups (broad SMARTS) is 2. The Morgan fingerprint density at radius 1 is 1.10 bits per heavy atom. The van der Waals surface area contributed by atoms with E-state index in [9.17, 15) is 14.7 Å². The molecule has 0 spiro atoms. The Balaban J connectivity index is 2.72. The first-order chi connectivity index (χ1) is 9.41. The number of carboxylic acids is 2. The van der Waals surface area contributed by atoms with Gasteiger partial charge in [-0.2, -0.15) is 0 Å². The smallest absolute Gasteiger partial charge is 0.320 e. The second kappa shape index (κ2) is 7.65. The summed E-state index contributed by atoms with van der Waals surface area (Å²) in [5.41, 5.74) is 0.668. The van der Waals surface area contributed by atoms with Crippen molar-refractivity contribution in [1.29, 1.82) is 0 Å². The van der Waals surface area contributed by atoms with E-state index < -0.39 is 23.9 Å². The number of rotatable bonds is 8. The van der Waals surface area contributed by atoms with Crippen LogP contribution < -0.4 is 5.32 Å². The zero-order valence-electron chi connectivity index (χ0n) is 11.7. The van der Waals surface area contributed by atoms with Gasteiger partial charge in [0, 0.05) is 6.54 Å². The maximum atomic E-state index is 11.3. The summed E-state index contributed by atoms with van der Waals surface area (Å²) in [6.07, 6.45) is 0.469. The van der Waals surface area contributed by atoms with Crippen molar-refractivity contribution in [3.8, 4) is 0 Å². The summed E-state index contributed by atoms with van der Waals surface area (Å²) in [4.78, 5) is 22.5. The molecule has 1 aromatic carbocycles. The van der Waals surface area contributed by atoms with Crippen LogP contribution in [0.3, 0.4) is 0 Å². The van der Waals surface area contributed by atoms with E-state index in [0.29, 0.717) is 12.0 Å². The van der Waals surface area contributed by atoms with E-state index in [1.54, 1.807) is 24.3 Å². The summed E-state index contributed by atoms with van der Waals surface area (Å²) in [6, 6.07) is 8.11. The third-order valence-corrected chi connectivity index (χ3v) is 3.07. The van der Waals surface area contributed by atoms with Gasteiger partial charge in [-0.25, -0.2) is 0 Å². The van der Waals surface area contributed by atoms with Crippen molar-refractivity contribution in [1.82, 2.24) is 5.32 Å². The molecule has 0 fully saturated rings. The van der Waals surface area contributed by atoms with Crippen LogP contribution in [-0.2, 0) is 9.59 Å². The molecule has 0 aromatic heterocycles. The van der Waals surface area contributed by atoms with Gasteiger partial charge < -0.3 is 15.5 Å². The Bertz CT molecular complexity index is 444. The predicted molar refractivity (Wildman–Crippen MR) is 75.7 cm³/mol. The summed E-state index contributed by atoms with van der Waals surface area (Å²) >= 11 is 0. The Morgan fingerprint density at radius 2 is 1.70 bits per heavy atom. The molecule has 0 aliphatic rings. The second-order valence-corrected chi connectivity index (χ2v) is 5.23. The molecule has 2 atom stereocenters. The van der Waals surface area contributed by atoms with Crippen LogP contribution in [0.5, 0.6) is 0 Å². The van der Waals surface area contributed by atoms with Crippen LogP contribution in [0.4, 0.5) is 0 Å². The van der Waals surface area contributed by atoms with Gasteiger partial charge >= 0.3 is 11.9 Å². The number of benzene rings is 1. The molecule has 0 amide bonds. The maximum absolute atomic E-state index is 11.3. The molecule has 0 aliphatic heterocycles. The van der Waals surface area contributed by atoms with Crippen LogP contribution in [0.25, 0.3) is 0 Å². The lowest BCUT2D eigenvalue weighted by Crippen LogP contribution is -2.41. The van der Waals surface area contributed by atoms with Gasteiger partial charge in [-0.15, -0.1) is 0 Å². The van der Waals surface area contributed by atoms with Crippen LogP contribution in [0.2, 0.25) is 0 Å². The van der Waals surface area contributed by atoms with Crippen molar-refractivity contribution in [3.05, 3.63) is 35.9 Å². The van der Waals surface area contributed by atoms with Gasteiger partial charge in [0.25, 0.3) is 0 Å². The average molecular weight is 279 g/mol. The lowest BCUT2D eigenvalue weighted by atomic mass is 9.98. The van der Waals surface area contributed by atoms with Gasteiger partial charge in [-0.1, -0.05) is 44.2 Å². The third kappa shape index (κ3) is 5.01. The highest BCUT2D eigenvalue weighted by molar-refractivity contribution is 5.77. The molecule has 1 aromatic rings. The average Bonchev–Trinajstić information content (AvgIpc) is 2.37. The summed E-state index contributed by atoms with van der Waals surface area (Å²) in [6.45, 7) is 3.97. The monoisotopic (exact) mass is 279 g/mol. The quantitative estimate of drug-likeness (QED) is 0.677. The van der Waals surface area contributed by atoms with Crippen molar-refractivity contribution < 1.29 is 19.8 Å². The van der Waals surface area contributed by atoms with Crippen LogP contribution in [0, 0.1) is 5.92 Å². The highest BCUT2D eigenvalue weighted by atomic mass is 16.4. The van der Waals surface area contributed by atoms with Gasteiger partial charge in [-0.05, 0) is 17.9 Å². The summed E-state index contributed by atoms with van der Waals surface area (Å²) in [5, 5.41) is 21.3. The Kier molecular flexibility index (Phi) is 6.18. The van der Waals surface area contributed by atoms with Crippen molar-refractivity contribution in [2.45, 2.75) is 32.2 Å². The lowest BCUT2D eigenvalue weighted by molar-refractivity contribution is -0.142. The van der Waals surface area contributed by atoms with Gasteiger partial charge in [0.05, 0.1) is 5.92 Å². The van der Waals surface area contributed by atoms with Crippen LogP contribution in [0.15, 0.2) is 30.3 Å². The maximum Gasteiger partial charge on any atom is 0.320 e. The van der Waals surface area contributed by atoms with Gasteiger partial charge in [-0.3, -0.25) is 9.59 Å². The summed E-state index contributed by atoms with van der Waals surface area (Å²) in [5.74, 6) is -2.43. The second-order valence-electron chi connectivity index (χ2n) is 5.23. The fourth-order valence-corrected chi connectivity index (χ4v) is 2.04. The third-order valence-electron chi connectivity index (χ3n) is 3.07. The SMILES string of the molecule is CC(C)CC(NCC(C(=O)O)c1ccccc1)C(=O)O. The molecule has 3 N–H and O–H groups in total. The van der Waals surface area contributed by atoms with Crippen LogP contribution >= 0.6 is 0 Å². The summed E-state index contributed by atoms with van der Waals surface area (Å²) < 4.78 is 0. The van der Waals surface area contributed by atoms with Crippen molar-refractivity contribution >= 4 is 11.9 Å². The van der Waals surface area contributed by atoms with Gasteiger partial charge in [0.2, 0.25) is 0 Å². The topological polar surface area (TPSA) is 86.6 Å². The van der Waals surface area contributed by atoms with Crippen molar-refractivity contribution in [3.63, 3.8) is 0 Å². The van der Waals surface area contributed by atoms with Gasteiger partial charge in [0.1, 0.15) is 6.04 Å². The molecule has 110 valence electrons. The van der Waals surface area contributed by atoms with Gasteiger partial charge in [0.15, 0.2) is 0 Å². The minimum Gasteiger partial charge on any atom is -0.481 e. The standard InChI is InChI=1S/C15H21NO4/c1-10(2)8-13(15(19)20)16-9-12(14(17)18)11-6-4-3-5-7-11/h3-7,10,12-13,16H,8-9H2,1-2H3,(H,17,18)(H,19,20). The molecular formula is C15H21NO4. The molecule has 5 nitrogen and oxygen atoms in total. The van der Waals surface area contributed by atoms with Crippen LogP contribution in [-0.4, -0.2) is 34.7 Å². The normalized spacial score (nSPS) is 13.9. The van der Waals surface area contributed by atoms with Crippen molar-refractivity contribution in [2.24, 2.45) is 5.92 Å². The first-order valence-corrected chi connectivity index (χ1v) is 6.65. The molecule has 0 bridgehead atoms. The fraction of sp³-hybridized carbons (Fsp3) is 0.467. The zero-order valence-corrected chi connectivity index (χ0v) is 11.7. The highest BCUT2D eigenvalue weighted by Crippen LogP contribution is 2.15. The Morgan fingerprint density at radius 3 is 2.15 bits per heavy atom. The van der Waals surface area contributed by atoms with E-state index in [1.807, 2.05) is 19.9 Å². The zero-order chi connectivity index (χ0) is 15.1. The highest BCUT2D eigenvalue weighted by Gasteiger charge is 2.24. The Labute approximate surface area is 118 Å². The first kappa shape index (κ1) is 16.2. The molecule has 0 heterocycles. The molecular weight excluding hydrogens is 258 g/mol. The largest absolute Gasteiger partial charge is 0.481 e. The molecule has 2 unspecified atom stereocenters.